The van der Waals surface area contributed by atoms with E-state index in [2.05, 4.69) is 78.8 Å². The Morgan fingerprint density at radius 2 is 1.24 bits per heavy atom. The van der Waals surface area contributed by atoms with Crippen molar-refractivity contribution in [1.82, 2.24) is 0 Å². The minimum absolute atomic E-state index is 0.215. The summed E-state index contributed by atoms with van der Waals surface area (Å²) in [6.07, 6.45) is 1.20. The molecule has 0 saturated heterocycles. The normalized spacial score (nSPS) is 16.6. The largest absolute Gasteiger partial charge is 0.0622 e. The van der Waals surface area contributed by atoms with Gasteiger partial charge in [-0.25, -0.2) is 0 Å². The average Bonchev–Trinajstić information content (AvgIpc) is 2.14. The van der Waals surface area contributed by atoms with Crippen LogP contribution >= 0.6 is 0 Å². The molecule has 0 amide bonds. The lowest BCUT2D eigenvalue weighted by molar-refractivity contribution is 0.134. The van der Waals surface area contributed by atoms with Crippen molar-refractivity contribution in [1.29, 1.82) is 0 Å². The second-order valence-electron chi connectivity index (χ2n) is 7.69. The van der Waals surface area contributed by atoms with E-state index in [1.165, 1.54) is 12.0 Å². The summed E-state index contributed by atoms with van der Waals surface area (Å²) in [6.45, 7) is 16.5. The standard InChI is InChI=1S/C17H28/c1-15(2,3)13-17(7,16(4,5)6)14-11-9-8-10-12-14/h8-12H,13H2,1-7H3. The van der Waals surface area contributed by atoms with Gasteiger partial charge < -0.3 is 0 Å². The SMILES string of the molecule is CC(C)(C)CC(C)(c1ccccc1)C(C)(C)C. The molecule has 0 aromatic heterocycles. The Hall–Kier alpha value is -0.780. The summed E-state index contributed by atoms with van der Waals surface area (Å²) in [6, 6.07) is 11.0. The zero-order valence-electron chi connectivity index (χ0n) is 12.6. The Labute approximate surface area is 107 Å². The first-order valence-corrected chi connectivity index (χ1v) is 6.62. The molecular formula is C17H28. The highest BCUT2D eigenvalue weighted by atomic mass is 14.5. The van der Waals surface area contributed by atoms with Crippen LogP contribution in [0.15, 0.2) is 30.3 Å². The third kappa shape index (κ3) is 3.34. The zero-order chi connectivity index (χ0) is 13.3. The average molecular weight is 232 g/mol. The fourth-order valence-corrected chi connectivity index (χ4v) is 2.67. The highest BCUT2D eigenvalue weighted by Crippen LogP contribution is 2.48. The van der Waals surface area contributed by atoms with Crippen molar-refractivity contribution in [3.63, 3.8) is 0 Å². The second-order valence-corrected chi connectivity index (χ2v) is 7.69. The van der Waals surface area contributed by atoms with E-state index < -0.39 is 0 Å². The Kier molecular flexibility index (Phi) is 3.76. The van der Waals surface area contributed by atoms with Crippen molar-refractivity contribution in [2.24, 2.45) is 10.8 Å². The molecule has 0 heterocycles. The molecule has 0 radical (unpaired) electrons. The maximum Gasteiger partial charge on any atom is -0.00218 e. The molecule has 0 aliphatic carbocycles. The highest BCUT2D eigenvalue weighted by molar-refractivity contribution is 5.27. The van der Waals surface area contributed by atoms with Gasteiger partial charge in [0.2, 0.25) is 0 Å². The predicted octanol–water partition coefficient (Wildman–Crippen LogP) is 5.43. The third-order valence-corrected chi connectivity index (χ3v) is 3.95. The Morgan fingerprint density at radius 3 is 1.59 bits per heavy atom. The van der Waals surface area contributed by atoms with Gasteiger partial charge >= 0.3 is 0 Å². The molecule has 0 spiro atoms. The van der Waals surface area contributed by atoms with Gasteiger partial charge in [0.15, 0.2) is 0 Å². The van der Waals surface area contributed by atoms with E-state index in [0.29, 0.717) is 5.41 Å². The van der Waals surface area contributed by atoms with Crippen LogP contribution in [0.25, 0.3) is 0 Å². The van der Waals surface area contributed by atoms with Crippen LogP contribution in [0.2, 0.25) is 0 Å². The van der Waals surface area contributed by atoms with Crippen LogP contribution in [0.5, 0.6) is 0 Å². The van der Waals surface area contributed by atoms with E-state index in [1.54, 1.807) is 0 Å². The monoisotopic (exact) mass is 232 g/mol. The van der Waals surface area contributed by atoms with Crippen LogP contribution in [0, 0.1) is 10.8 Å². The maximum absolute atomic E-state index is 2.41. The van der Waals surface area contributed by atoms with Gasteiger partial charge in [-0.1, -0.05) is 78.8 Å². The summed E-state index contributed by atoms with van der Waals surface area (Å²) in [5.41, 5.74) is 2.29. The van der Waals surface area contributed by atoms with E-state index in [4.69, 9.17) is 0 Å². The van der Waals surface area contributed by atoms with Crippen LogP contribution in [0.4, 0.5) is 0 Å². The van der Waals surface area contributed by atoms with E-state index in [-0.39, 0.29) is 10.8 Å². The first-order valence-electron chi connectivity index (χ1n) is 6.62. The Morgan fingerprint density at radius 1 is 0.765 bits per heavy atom. The molecule has 1 aromatic rings. The van der Waals surface area contributed by atoms with E-state index in [1.807, 2.05) is 0 Å². The molecule has 1 unspecified atom stereocenters. The number of rotatable bonds is 2. The van der Waals surface area contributed by atoms with Crippen LogP contribution in [0.1, 0.15) is 60.5 Å². The number of hydrogen-bond donors (Lipinski definition) is 0. The molecule has 1 rings (SSSR count). The lowest BCUT2D eigenvalue weighted by Gasteiger charge is -2.46. The first kappa shape index (κ1) is 14.3. The summed E-state index contributed by atoms with van der Waals surface area (Å²) in [7, 11) is 0. The molecule has 0 N–H and O–H groups in total. The fraction of sp³-hybridized carbons (Fsp3) is 0.647. The van der Waals surface area contributed by atoms with Crippen molar-refractivity contribution >= 4 is 0 Å². The molecule has 96 valence electrons. The van der Waals surface area contributed by atoms with Gasteiger partial charge in [0.1, 0.15) is 0 Å². The molecule has 0 aliphatic heterocycles. The van der Waals surface area contributed by atoms with Crippen molar-refractivity contribution in [2.45, 2.75) is 60.3 Å². The lowest BCUT2D eigenvalue weighted by Crippen LogP contribution is -2.40. The molecule has 0 heteroatoms. The quantitative estimate of drug-likeness (QED) is 0.638. The van der Waals surface area contributed by atoms with Gasteiger partial charge in [-0.2, -0.15) is 0 Å². The topological polar surface area (TPSA) is 0 Å². The van der Waals surface area contributed by atoms with E-state index in [0.717, 1.165) is 0 Å². The van der Waals surface area contributed by atoms with Crippen molar-refractivity contribution < 1.29 is 0 Å². The van der Waals surface area contributed by atoms with Gasteiger partial charge in [0, 0.05) is 0 Å². The van der Waals surface area contributed by atoms with Crippen LogP contribution in [0.3, 0.4) is 0 Å². The minimum Gasteiger partial charge on any atom is -0.0622 e. The third-order valence-electron chi connectivity index (χ3n) is 3.95. The summed E-state index contributed by atoms with van der Waals surface area (Å²) >= 11 is 0. The maximum atomic E-state index is 2.41. The van der Waals surface area contributed by atoms with Crippen molar-refractivity contribution in [3.05, 3.63) is 35.9 Å². The zero-order valence-corrected chi connectivity index (χ0v) is 12.6. The fourth-order valence-electron chi connectivity index (χ4n) is 2.67. The van der Waals surface area contributed by atoms with Gasteiger partial charge in [-0.05, 0) is 28.2 Å². The van der Waals surface area contributed by atoms with Crippen LogP contribution < -0.4 is 0 Å². The first-order chi connectivity index (χ1) is 7.56. The molecular weight excluding hydrogens is 204 g/mol. The van der Waals surface area contributed by atoms with Gasteiger partial charge in [0.05, 0.1) is 0 Å². The lowest BCUT2D eigenvalue weighted by atomic mass is 9.58. The highest BCUT2D eigenvalue weighted by Gasteiger charge is 2.41. The second kappa shape index (κ2) is 4.48. The van der Waals surface area contributed by atoms with E-state index >= 15 is 0 Å². The molecule has 0 bridgehead atoms. The Balaban J connectivity index is 3.22. The summed E-state index contributed by atoms with van der Waals surface area (Å²) in [5, 5.41) is 0. The van der Waals surface area contributed by atoms with Gasteiger partial charge in [0.25, 0.3) is 0 Å². The molecule has 0 aliphatic rings. The minimum atomic E-state index is 0.215. The molecule has 17 heavy (non-hydrogen) atoms. The molecule has 0 fully saturated rings. The molecule has 1 aromatic carbocycles. The Bertz CT molecular complexity index is 348. The van der Waals surface area contributed by atoms with Crippen molar-refractivity contribution in [3.8, 4) is 0 Å². The number of benzene rings is 1. The number of hydrogen-bond acceptors (Lipinski definition) is 0. The van der Waals surface area contributed by atoms with Crippen molar-refractivity contribution in [2.75, 3.05) is 0 Å². The predicted molar refractivity (Wildman–Crippen MR) is 77.3 cm³/mol. The van der Waals surface area contributed by atoms with Crippen LogP contribution in [-0.4, -0.2) is 0 Å². The summed E-state index contributed by atoms with van der Waals surface area (Å²) < 4.78 is 0. The summed E-state index contributed by atoms with van der Waals surface area (Å²) in [5.74, 6) is 0. The molecule has 0 nitrogen and oxygen atoms in total. The molecule has 0 saturated carbocycles. The molecule has 1 atom stereocenters. The van der Waals surface area contributed by atoms with Gasteiger partial charge in [-0.3, -0.25) is 0 Å². The smallest absolute Gasteiger partial charge is 0.00218 e. The van der Waals surface area contributed by atoms with Gasteiger partial charge in [-0.15, -0.1) is 0 Å². The summed E-state index contributed by atoms with van der Waals surface area (Å²) in [4.78, 5) is 0. The van der Waals surface area contributed by atoms with E-state index in [9.17, 15) is 0 Å². The van der Waals surface area contributed by atoms with Crippen LogP contribution in [-0.2, 0) is 5.41 Å².